The lowest BCUT2D eigenvalue weighted by molar-refractivity contribution is 0.0511. The Bertz CT molecular complexity index is 1030. The van der Waals surface area contributed by atoms with E-state index in [-0.39, 0.29) is 13.4 Å². The average Bonchev–Trinajstić information content (AvgIpc) is 2.86. The van der Waals surface area contributed by atoms with Crippen molar-refractivity contribution in [1.82, 2.24) is 4.90 Å². The Kier molecular flexibility index (Phi) is 9.71. The number of aliphatic hydroxyl groups is 1. The van der Waals surface area contributed by atoms with Gasteiger partial charge in [-0.25, -0.2) is 0 Å². The van der Waals surface area contributed by atoms with Crippen LogP contribution in [0, 0.1) is 0 Å². The fourth-order valence-corrected chi connectivity index (χ4v) is 3.91. The number of nitrogens with zero attached hydrogens (tertiary/aromatic N) is 1. The Morgan fingerprint density at radius 1 is 0.794 bits per heavy atom. The van der Waals surface area contributed by atoms with Gasteiger partial charge in [0.15, 0.2) is 6.79 Å². The molecule has 0 aliphatic rings. The van der Waals surface area contributed by atoms with Gasteiger partial charge in [0.25, 0.3) is 0 Å². The van der Waals surface area contributed by atoms with Gasteiger partial charge in [-0.3, -0.25) is 0 Å². The zero-order valence-electron chi connectivity index (χ0n) is 20.5. The Hall–Kier alpha value is -3.12. The van der Waals surface area contributed by atoms with Crippen molar-refractivity contribution < 1.29 is 19.3 Å². The van der Waals surface area contributed by atoms with E-state index >= 15 is 0 Å². The summed E-state index contributed by atoms with van der Waals surface area (Å²) in [6, 6.07) is 26.7. The molecular formula is C29H35NO4. The zero-order chi connectivity index (χ0) is 24.3. The van der Waals surface area contributed by atoms with Gasteiger partial charge in [0.2, 0.25) is 0 Å². The van der Waals surface area contributed by atoms with E-state index in [2.05, 4.69) is 55.5 Å². The molecule has 0 radical (unpaired) electrons. The molecule has 1 atom stereocenters. The predicted octanol–water partition coefficient (Wildman–Crippen LogP) is 5.34. The van der Waals surface area contributed by atoms with Gasteiger partial charge in [-0.05, 0) is 72.6 Å². The number of rotatable bonds is 12. The SMILES string of the molecule is CCC(=C(c1ccc(OCOC)cc1)c1ccc(OCC(O)CN(C)C)cc1)c1ccccc1. The molecule has 5 nitrogen and oxygen atoms in total. The summed E-state index contributed by atoms with van der Waals surface area (Å²) in [4.78, 5) is 1.94. The van der Waals surface area contributed by atoms with E-state index in [1.54, 1.807) is 7.11 Å². The molecule has 0 fully saturated rings. The lowest BCUT2D eigenvalue weighted by Crippen LogP contribution is -2.30. The van der Waals surface area contributed by atoms with Crippen molar-refractivity contribution in [2.24, 2.45) is 0 Å². The molecule has 0 aromatic heterocycles. The molecule has 1 unspecified atom stereocenters. The Labute approximate surface area is 203 Å². The van der Waals surface area contributed by atoms with Crippen LogP contribution in [0.2, 0.25) is 0 Å². The van der Waals surface area contributed by atoms with Crippen LogP contribution in [0.3, 0.4) is 0 Å². The van der Waals surface area contributed by atoms with Crippen molar-refractivity contribution in [2.45, 2.75) is 19.4 Å². The summed E-state index contributed by atoms with van der Waals surface area (Å²) in [6.07, 6.45) is 0.352. The first-order chi connectivity index (χ1) is 16.5. The van der Waals surface area contributed by atoms with Gasteiger partial charge >= 0.3 is 0 Å². The maximum atomic E-state index is 10.1. The maximum Gasteiger partial charge on any atom is 0.188 e. The van der Waals surface area contributed by atoms with Crippen LogP contribution in [0.5, 0.6) is 11.5 Å². The minimum absolute atomic E-state index is 0.219. The highest BCUT2D eigenvalue weighted by Crippen LogP contribution is 2.35. The molecule has 0 saturated heterocycles. The lowest BCUT2D eigenvalue weighted by atomic mass is 9.88. The fourth-order valence-electron chi connectivity index (χ4n) is 3.91. The number of aliphatic hydroxyl groups excluding tert-OH is 1. The molecule has 0 bridgehead atoms. The third-order valence-electron chi connectivity index (χ3n) is 5.43. The fraction of sp³-hybridized carbons (Fsp3) is 0.310. The third-order valence-corrected chi connectivity index (χ3v) is 5.43. The van der Waals surface area contributed by atoms with Crippen molar-refractivity contribution in [1.29, 1.82) is 0 Å². The number of allylic oxidation sites excluding steroid dienone is 1. The highest BCUT2D eigenvalue weighted by molar-refractivity contribution is 5.98. The Morgan fingerprint density at radius 3 is 1.85 bits per heavy atom. The lowest BCUT2D eigenvalue weighted by Gasteiger charge is -2.18. The number of likely N-dealkylation sites (N-methyl/N-ethyl adjacent to an activating group) is 1. The summed E-state index contributed by atoms with van der Waals surface area (Å²) in [7, 11) is 5.47. The average molecular weight is 462 g/mol. The largest absolute Gasteiger partial charge is 0.491 e. The molecule has 5 heteroatoms. The van der Waals surface area contributed by atoms with Crippen LogP contribution >= 0.6 is 0 Å². The maximum absolute atomic E-state index is 10.1. The highest BCUT2D eigenvalue weighted by atomic mass is 16.7. The van der Waals surface area contributed by atoms with Crippen LogP contribution in [0.4, 0.5) is 0 Å². The summed E-state index contributed by atoms with van der Waals surface area (Å²) >= 11 is 0. The number of methoxy groups -OCH3 is 1. The number of hydrogen-bond acceptors (Lipinski definition) is 5. The third kappa shape index (κ3) is 7.19. The second-order valence-electron chi connectivity index (χ2n) is 8.40. The summed E-state index contributed by atoms with van der Waals surface area (Å²) in [5.41, 5.74) is 5.85. The highest BCUT2D eigenvalue weighted by Gasteiger charge is 2.14. The number of benzene rings is 3. The van der Waals surface area contributed by atoms with Crippen molar-refractivity contribution >= 4 is 11.1 Å². The minimum Gasteiger partial charge on any atom is -0.491 e. The predicted molar refractivity (Wildman–Crippen MR) is 138 cm³/mol. The van der Waals surface area contributed by atoms with Crippen LogP contribution in [-0.2, 0) is 4.74 Å². The smallest absolute Gasteiger partial charge is 0.188 e. The molecule has 0 saturated carbocycles. The quantitative estimate of drug-likeness (QED) is 0.291. The molecule has 180 valence electrons. The molecule has 0 aliphatic carbocycles. The van der Waals surface area contributed by atoms with Gasteiger partial charge in [-0.1, -0.05) is 61.5 Å². The number of ether oxygens (including phenoxy) is 3. The standard InChI is InChI=1S/C29H35NO4/c1-5-28(22-9-7-6-8-10-22)29(24-13-17-27(18-14-24)34-21-32-4)23-11-15-26(16-12-23)33-20-25(31)19-30(2)3/h6-18,25,31H,5,19-21H2,1-4H3. The van der Waals surface area contributed by atoms with Crippen LogP contribution in [0.15, 0.2) is 78.9 Å². The van der Waals surface area contributed by atoms with Gasteiger partial charge in [0.05, 0.1) is 0 Å². The second kappa shape index (κ2) is 12.9. The molecule has 34 heavy (non-hydrogen) atoms. The van der Waals surface area contributed by atoms with Gasteiger partial charge in [0.1, 0.15) is 24.2 Å². The topological polar surface area (TPSA) is 51.2 Å². The Morgan fingerprint density at radius 2 is 1.35 bits per heavy atom. The molecule has 0 amide bonds. The molecule has 0 spiro atoms. The summed E-state index contributed by atoms with van der Waals surface area (Å²) in [5, 5.41) is 10.1. The monoisotopic (exact) mass is 461 g/mol. The second-order valence-corrected chi connectivity index (χ2v) is 8.40. The van der Waals surface area contributed by atoms with Gasteiger partial charge in [0, 0.05) is 13.7 Å². The van der Waals surface area contributed by atoms with Gasteiger partial charge in [-0.15, -0.1) is 0 Å². The first-order valence-electron chi connectivity index (χ1n) is 11.6. The van der Waals surface area contributed by atoms with Crippen LogP contribution in [-0.4, -0.2) is 57.3 Å². The van der Waals surface area contributed by atoms with Crippen LogP contribution < -0.4 is 9.47 Å². The summed E-state index contributed by atoms with van der Waals surface area (Å²) < 4.78 is 16.4. The number of hydrogen-bond donors (Lipinski definition) is 1. The summed E-state index contributed by atoms with van der Waals surface area (Å²) in [6.45, 7) is 3.22. The van der Waals surface area contributed by atoms with Crippen molar-refractivity contribution in [2.75, 3.05) is 41.1 Å². The van der Waals surface area contributed by atoms with Crippen molar-refractivity contribution in [3.8, 4) is 11.5 Å². The summed E-state index contributed by atoms with van der Waals surface area (Å²) in [5.74, 6) is 1.50. The first-order valence-corrected chi connectivity index (χ1v) is 11.6. The Balaban J connectivity index is 1.94. The van der Waals surface area contributed by atoms with E-state index in [9.17, 15) is 5.11 Å². The minimum atomic E-state index is -0.534. The van der Waals surface area contributed by atoms with Crippen molar-refractivity contribution in [3.05, 3.63) is 95.6 Å². The molecule has 3 rings (SSSR count). The first kappa shape index (κ1) is 25.5. The molecule has 0 aliphatic heterocycles. The van der Waals surface area contributed by atoms with E-state index in [0.29, 0.717) is 6.54 Å². The van der Waals surface area contributed by atoms with E-state index in [4.69, 9.17) is 14.2 Å². The zero-order valence-corrected chi connectivity index (χ0v) is 20.5. The molecular weight excluding hydrogens is 426 g/mol. The van der Waals surface area contributed by atoms with E-state index in [1.165, 1.54) is 16.7 Å². The van der Waals surface area contributed by atoms with E-state index in [0.717, 1.165) is 29.0 Å². The normalized spacial score (nSPS) is 12.9. The van der Waals surface area contributed by atoms with E-state index in [1.807, 2.05) is 49.3 Å². The molecule has 1 N–H and O–H groups in total. The van der Waals surface area contributed by atoms with Gasteiger partial charge < -0.3 is 24.2 Å². The molecule has 3 aromatic rings. The van der Waals surface area contributed by atoms with Crippen molar-refractivity contribution in [3.63, 3.8) is 0 Å². The van der Waals surface area contributed by atoms with Crippen LogP contribution in [0.1, 0.15) is 30.0 Å². The van der Waals surface area contributed by atoms with Gasteiger partial charge in [-0.2, -0.15) is 0 Å². The van der Waals surface area contributed by atoms with Crippen LogP contribution in [0.25, 0.3) is 11.1 Å². The van der Waals surface area contributed by atoms with E-state index < -0.39 is 6.10 Å². The molecule has 3 aromatic carbocycles. The molecule has 0 heterocycles.